The average Bonchev–Trinajstić information content (AvgIpc) is 2.43. The molecule has 2 saturated heterocycles. The Morgan fingerprint density at radius 3 is 2.58 bits per heavy atom. The van der Waals surface area contributed by atoms with Crippen LogP contribution in [0.4, 0.5) is 10.5 Å². The van der Waals surface area contributed by atoms with Crippen molar-refractivity contribution in [2.24, 2.45) is 0 Å². The minimum Gasteiger partial charge on any atom is -0.444 e. The van der Waals surface area contributed by atoms with Gasteiger partial charge in [-0.1, -0.05) is 17.7 Å². The standard InChI is InChI=1S/C20H24ClN3O2/c1-20(2,3)26-19(25)24-11-13(12-24)14-5-6-17(23-7-4-8-23)16-10-22-18(21)9-15(14)16/h5-6,9-10,13H,4,7-8,11-12H2,1-3H3. The van der Waals surface area contributed by atoms with Gasteiger partial charge in [0.15, 0.2) is 0 Å². The van der Waals surface area contributed by atoms with Gasteiger partial charge in [0, 0.05) is 49.4 Å². The van der Waals surface area contributed by atoms with Crippen LogP contribution in [0.5, 0.6) is 0 Å². The first-order valence-corrected chi connectivity index (χ1v) is 9.51. The third-order valence-electron chi connectivity index (χ3n) is 5.05. The number of amides is 1. The van der Waals surface area contributed by atoms with Crippen LogP contribution in [-0.2, 0) is 4.74 Å². The molecule has 2 aromatic rings. The number of pyridine rings is 1. The highest BCUT2D eigenvalue weighted by atomic mass is 35.5. The third-order valence-corrected chi connectivity index (χ3v) is 5.25. The summed E-state index contributed by atoms with van der Waals surface area (Å²) in [6, 6.07) is 6.32. The Morgan fingerprint density at radius 2 is 1.96 bits per heavy atom. The van der Waals surface area contributed by atoms with E-state index < -0.39 is 5.60 Å². The van der Waals surface area contributed by atoms with Crippen molar-refractivity contribution >= 4 is 34.2 Å². The summed E-state index contributed by atoms with van der Waals surface area (Å²) in [7, 11) is 0. The van der Waals surface area contributed by atoms with Gasteiger partial charge in [-0.25, -0.2) is 9.78 Å². The van der Waals surface area contributed by atoms with E-state index in [0.717, 1.165) is 23.9 Å². The third kappa shape index (κ3) is 3.20. The lowest BCUT2D eigenvalue weighted by molar-refractivity contribution is 0.00830. The van der Waals surface area contributed by atoms with Crippen LogP contribution >= 0.6 is 11.6 Å². The summed E-state index contributed by atoms with van der Waals surface area (Å²) in [5.74, 6) is 0.300. The predicted octanol–water partition coefficient (Wildman–Crippen LogP) is 4.43. The van der Waals surface area contributed by atoms with Gasteiger partial charge in [-0.05, 0) is 50.3 Å². The predicted molar refractivity (Wildman–Crippen MR) is 104 cm³/mol. The molecule has 5 nitrogen and oxygen atoms in total. The highest BCUT2D eigenvalue weighted by molar-refractivity contribution is 6.30. The van der Waals surface area contributed by atoms with E-state index in [0.29, 0.717) is 24.2 Å². The van der Waals surface area contributed by atoms with Crippen molar-refractivity contribution < 1.29 is 9.53 Å². The van der Waals surface area contributed by atoms with Gasteiger partial charge in [-0.15, -0.1) is 0 Å². The number of hydrogen-bond donors (Lipinski definition) is 0. The lowest BCUT2D eigenvalue weighted by Crippen LogP contribution is -2.50. The van der Waals surface area contributed by atoms with E-state index in [2.05, 4.69) is 22.0 Å². The van der Waals surface area contributed by atoms with E-state index >= 15 is 0 Å². The number of halogens is 1. The maximum Gasteiger partial charge on any atom is 0.410 e. The molecule has 0 N–H and O–H groups in total. The minimum atomic E-state index is -0.465. The first-order valence-electron chi connectivity index (χ1n) is 9.13. The van der Waals surface area contributed by atoms with Crippen LogP contribution in [0.15, 0.2) is 24.4 Å². The molecule has 2 aliphatic heterocycles. The number of ether oxygens (including phenoxy) is 1. The fraction of sp³-hybridized carbons (Fsp3) is 0.500. The molecular weight excluding hydrogens is 350 g/mol. The second kappa shape index (κ2) is 6.31. The molecule has 3 heterocycles. The Morgan fingerprint density at radius 1 is 1.23 bits per heavy atom. The molecule has 26 heavy (non-hydrogen) atoms. The maximum atomic E-state index is 12.2. The topological polar surface area (TPSA) is 45.7 Å². The van der Waals surface area contributed by atoms with Crippen molar-refractivity contribution in [1.29, 1.82) is 0 Å². The summed E-state index contributed by atoms with van der Waals surface area (Å²) in [5.41, 5.74) is 1.99. The highest BCUT2D eigenvalue weighted by Crippen LogP contribution is 2.38. The van der Waals surface area contributed by atoms with E-state index in [9.17, 15) is 4.79 Å². The smallest absolute Gasteiger partial charge is 0.410 e. The molecule has 0 spiro atoms. The molecule has 1 aromatic carbocycles. The molecule has 0 bridgehead atoms. The Hall–Kier alpha value is -2.01. The quantitative estimate of drug-likeness (QED) is 0.730. The molecular formula is C20H24ClN3O2. The van der Waals surface area contributed by atoms with Gasteiger partial charge in [-0.2, -0.15) is 0 Å². The molecule has 0 radical (unpaired) electrons. The molecule has 1 amide bonds. The van der Waals surface area contributed by atoms with E-state index in [1.54, 1.807) is 4.90 Å². The molecule has 6 heteroatoms. The first-order chi connectivity index (χ1) is 12.3. The number of nitrogens with zero attached hydrogens (tertiary/aromatic N) is 3. The summed E-state index contributed by atoms with van der Waals surface area (Å²) < 4.78 is 5.45. The normalized spacial score (nSPS) is 17.8. The SMILES string of the molecule is CC(C)(C)OC(=O)N1CC(c2ccc(N3CCC3)c3cnc(Cl)cc23)C1. The van der Waals surface area contributed by atoms with Crippen molar-refractivity contribution in [3.8, 4) is 0 Å². The van der Waals surface area contributed by atoms with Crippen LogP contribution < -0.4 is 4.90 Å². The Balaban J connectivity index is 1.58. The number of rotatable bonds is 2. The monoisotopic (exact) mass is 373 g/mol. The summed E-state index contributed by atoms with van der Waals surface area (Å²) in [4.78, 5) is 20.6. The second-order valence-electron chi connectivity index (χ2n) is 8.15. The lowest BCUT2D eigenvalue weighted by atomic mass is 9.87. The summed E-state index contributed by atoms with van der Waals surface area (Å²) in [6.45, 7) is 9.19. The van der Waals surface area contributed by atoms with E-state index in [1.165, 1.54) is 17.7 Å². The highest BCUT2D eigenvalue weighted by Gasteiger charge is 2.35. The molecule has 138 valence electrons. The summed E-state index contributed by atoms with van der Waals surface area (Å²) in [5, 5.41) is 2.79. The van der Waals surface area contributed by atoms with Crippen molar-refractivity contribution in [3.63, 3.8) is 0 Å². The van der Waals surface area contributed by atoms with Gasteiger partial charge in [-0.3, -0.25) is 0 Å². The number of anilines is 1. The Bertz CT molecular complexity index is 852. The summed E-state index contributed by atoms with van der Waals surface area (Å²) >= 11 is 6.18. The van der Waals surface area contributed by atoms with Crippen LogP contribution in [0, 0.1) is 0 Å². The van der Waals surface area contributed by atoms with Crippen LogP contribution in [0.25, 0.3) is 10.8 Å². The average molecular weight is 374 g/mol. The van der Waals surface area contributed by atoms with Gasteiger partial charge >= 0.3 is 6.09 Å². The Labute approximate surface area is 158 Å². The zero-order chi connectivity index (χ0) is 18.5. The number of hydrogen-bond acceptors (Lipinski definition) is 4. The summed E-state index contributed by atoms with van der Waals surface area (Å²) in [6.07, 6.45) is 2.87. The van der Waals surface area contributed by atoms with Gasteiger partial charge in [0.1, 0.15) is 10.8 Å². The van der Waals surface area contributed by atoms with Crippen LogP contribution in [0.1, 0.15) is 38.7 Å². The van der Waals surface area contributed by atoms with Crippen molar-refractivity contribution in [2.75, 3.05) is 31.1 Å². The zero-order valence-corrected chi connectivity index (χ0v) is 16.2. The first kappa shape index (κ1) is 17.4. The molecule has 0 atom stereocenters. The van der Waals surface area contributed by atoms with Gasteiger partial charge in [0.2, 0.25) is 0 Å². The number of aromatic nitrogens is 1. The van der Waals surface area contributed by atoms with Gasteiger partial charge < -0.3 is 14.5 Å². The lowest BCUT2D eigenvalue weighted by Gasteiger charge is -2.41. The fourth-order valence-electron chi connectivity index (χ4n) is 3.56. The van der Waals surface area contributed by atoms with E-state index in [-0.39, 0.29) is 6.09 Å². The molecule has 4 rings (SSSR count). The van der Waals surface area contributed by atoms with Crippen LogP contribution in [-0.4, -0.2) is 47.8 Å². The fourth-order valence-corrected chi connectivity index (χ4v) is 3.72. The van der Waals surface area contributed by atoms with Crippen molar-refractivity contribution in [1.82, 2.24) is 9.88 Å². The van der Waals surface area contributed by atoms with Crippen LogP contribution in [0.2, 0.25) is 5.15 Å². The molecule has 2 fully saturated rings. The largest absolute Gasteiger partial charge is 0.444 e. The zero-order valence-electron chi connectivity index (χ0n) is 15.5. The molecule has 0 aliphatic carbocycles. The number of benzene rings is 1. The maximum absolute atomic E-state index is 12.2. The second-order valence-corrected chi connectivity index (χ2v) is 8.54. The molecule has 2 aliphatic rings. The molecule has 0 saturated carbocycles. The van der Waals surface area contributed by atoms with Crippen LogP contribution in [0.3, 0.4) is 0 Å². The Kier molecular flexibility index (Phi) is 4.22. The number of likely N-dealkylation sites (tertiary alicyclic amines) is 1. The van der Waals surface area contributed by atoms with Gasteiger partial charge in [0.05, 0.1) is 0 Å². The van der Waals surface area contributed by atoms with Crippen molar-refractivity contribution in [3.05, 3.63) is 35.1 Å². The van der Waals surface area contributed by atoms with E-state index in [1.807, 2.05) is 33.0 Å². The van der Waals surface area contributed by atoms with Gasteiger partial charge in [0.25, 0.3) is 0 Å². The number of carbonyl (C=O) groups is 1. The minimum absolute atomic E-state index is 0.241. The van der Waals surface area contributed by atoms with E-state index in [4.69, 9.17) is 16.3 Å². The number of carbonyl (C=O) groups excluding carboxylic acids is 1. The molecule has 1 aromatic heterocycles. The number of fused-ring (bicyclic) bond motifs is 1. The van der Waals surface area contributed by atoms with Crippen molar-refractivity contribution in [2.45, 2.75) is 38.7 Å². The molecule has 0 unspecified atom stereocenters.